The molecule has 12 heavy (non-hydrogen) atoms. The molecule has 0 nitrogen and oxygen atoms in total. The van der Waals surface area contributed by atoms with Crippen molar-refractivity contribution in [3.63, 3.8) is 0 Å². The van der Waals surface area contributed by atoms with Crippen molar-refractivity contribution in [1.82, 2.24) is 0 Å². The van der Waals surface area contributed by atoms with Gasteiger partial charge in [0, 0.05) is 40.8 Å². The Morgan fingerprint density at radius 1 is 1.17 bits per heavy atom. The molecule has 0 N–H and O–H groups in total. The van der Waals surface area contributed by atoms with E-state index in [9.17, 15) is 0 Å². The van der Waals surface area contributed by atoms with Gasteiger partial charge in [0.15, 0.2) is 0 Å². The van der Waals surface area contributed by atoms with E-state index in [0.29, 0.717) is 0 Å². The summed E-state index contributed by atoms with van der Waals surface area (Å²) >= 11 is 0. The Labute approximate surface area is 111 Å². The Morgan fingerprint density at radius 3 is 2.08 bits per heavy atom. The molecule has 1 aromatic rings. The summed E-state index contributed by atoms with van der Waals surface area (Å²) in [6, 6.07) is 10.6. The summed E-state index contributed by atoms with van der Waals surface area (Å²) in [5.41, 5.74) is 0. The van der Waals surface area contributed by atoms with Gasteiger partial charge in [-0.15, -0.1) is 0 Å². The molecule has 0 fully saturated rings. The maximum absolute atomic E-state index is 3.25. The first-order chi connectivity index (χ1) is 5.43. The van der Waals surface area contributed by atoms with Gasteiger partial charge in [-0.2, -0.15) is 6.92 Å². The van der Waals surface area contributed by atoms with Gasteiger partial charge in [-0.1, -0.05) is 45.8 Å². The fourth-order valence-electron chi connectivity index (χ4n) is 0.760. The minimum Gasteiger partial charge on any atom is -0.346 e. The normalized spacial score (nSPS) is 8.58. The van der Waals surface area contributed by atoms with E-state index in [-0.39, 0.29) is 40.8 Å². The van der Waals surface area contributed by atoms with Gasteiger partial charge in [0.1, 0.15) is 0 Å². The van der Waals surface area contributed by atoms with E-state index in [0.717, 1.165) is 8.58 Å². The maximum atomic E-state index is 3.25. The molecule has 0 heterocycles. The molecule has 1 rings (SSSR count). The van der Waals surface area contributed by atoms with Crippen LogP contribution >= 0.6 is 8.58 Å². The molecule has 0 aliphatic rings. The second-order valence-corrected chi connectivity index (χ2v) is 3.53. The second kappa shape index (κ2) is 12.0. The van der Waals surface area contributed by atoms with Gasteiger partial charge in [-0.3, -0.25) is 0 Å². The van der Waals surface area contributed by atoms with Crippen LogP contribution < -0.4 is 5.30 Å². The molecule has 1 aromatic carbocycles. The maximum Gasteiger partial charge on any atom is 0 e. The van der Waals surface area contributed by atoms with E-state index in [4.69, 9.17) is 0 Å². The molecular formula is C10H16NdP-. The van der Waals surface area contributed by atoms with Gasteiger partial charge < -0.3 is 6.92 Å². The van der Waals surface area contributed by atoms with Gasteiger partial charge >= 0.3 is 0 Å². The molecule has 0 aliphatic heterocycles. The van der Waals surface area contributed by atoms with E-state index in [1.807, 2.05) is 0 Å². The Morgan fingerprint density at radius 2 is 1.67 bits per heavy atom. The zero-order chi connectivity index (χ0) is 8.53. The molecular weight excluding hydrogens is 295 g/mol. The first-order valence-corrected chi connectivity index (χ1v) is 5.14. The Balaban J connectivity index is 0. The van der Waals surface area contributed by atoms with E-state index in [1.165, 1.54) is 11.5 Å². The molecule has 0 saturated carbocycles. The molecule has 1 atom stereocenters. The minimum atomic E-state index is 0. The predicted octanol–water partition coefficient (Wildman–Crippen LogP) is 2.85. The molecule has 0 aromatic heterocycles. The molecule has 0 saturated heterocycles. The fraction of sp³-hybridized carbons (Fsp3) is 0.300. The predicted molar refractivity (Wildman–Crippen MR) is 56.0 cm³/mol. The van der Waals surface area contributed by atoms with Crippen LogP contribution in [-0.4, -0.2) is 6.16 Å². The summed E-state index contributed by atoms with van der Waals surface area (Å²) in [6.45, 7) is 7.21. The van der Waals surface area contributed by atoms with Crippen molar-refractivity contribution >= 4 is 13.9 Å². The van der Waals surface area contributed by atoms with Gasteiger partial charge in [0.05, 0.1) is 0 Å². The van der Waals surface area contributed by atoms with Gasteiger partial charge in [-0.25, -0.2) is 0 Å². The molecule has 66 valence electrons. The van der Waals surface area contributed by atoms with Crippen molar-refractivity contribution in [3.05, 3.63) is 37.3 Å². The molecule has 1 unspecified atom stereocenters. The van der Waals surface area contributed by atoms with E-state index in [2.05, 4.69) is 44.2 Å². The third-order valence-corrected chi connectivity index (χ3v) is 2.25. The summed E-state index contributed by atoms with van der Waals surface area (Å²) in [7, 11) is 0.987. The molecule has 2 heteroatoms. The van der Waals surface area contributed by atoms with Crippen molar-refractivity contribution in [3.8, 4) is 0 Å². The van der Waals surface area contributed by atoms with Crippen LogP contribution in [0.25, 0.3) is 0 Å². The number of hydrogen-bond acceptors (Lipinski definition) is 0. The summed E-state index contributed by atoms with van der Waals surface area (Å²) in [5, 5.41) is 1.47. The van der Waals surface area contributed by atoms with E-state index >= 15 is 0 Å². The summed E-state index contributed by atoms with van der Waals surface area (Å²) < 4.78 is 0. The summed E-state index contributed by atoms with van der Waals surface area (Å²) in [6.07, 6.45) is 1.27. The quantitative estimate of drug-likeness (QED) is 0.582. The van der Waals surface area contributed by atoms with Crippen LogP contribution in [0.2, 0.25) is 0 Å². The van der Waals surface area contributed by atoms with Crippen molar-refractivity contribution < 1.29 is 40.8 Å². The monoisotopic (exact) mass is 309 g/mol. The molecule has 0 radical (unpaired) electrons. The van der Waals surface area contributed by atoms with Crippen molar-refractivity contribution in [2.75, 3.05) is 6.16 Å². The van der Waals surface area contributed by atoms with E-state index < -0.39 is 0 Å². The average Bonchev–Trinajstić information content (AvgIpc) is 2.11. The van der Waals surface area contributed by atoms with Crippen LogP contribution in [0.1, 0.15) is 13.8 Å². The van der Waals surface area contributed by atoms with Gasteiger partial charge in [0.2, 0.25) is 0 Å². The van der Waals surface area contributed by atoms with Crippen molar-refractivity contribution in [1.29, 1.82) is 0 Å². The first kappa shape index (κ1) is 15.5. The zero-order valence-electron chi connectivity index (χ0n) is 7.80. The zero-order valence-corrected chi connectivity index (χ0v) is 12.0. The summed E-state index contributed by atoms with van der Waals surface area (Å²) in [5.74, 6) is 0. The van der Waals surface area contributed by atoms with Crippen LogP contribution in [0.4, 0.5) is 0 Å². The smallest absolute Gasteiger partial charge is 0 e. The first-order valence-electron chi connectivity index (χ1n) is 3.93. The third kappa shape index (κ3) is 7.64. The van der Waals surface area contributed by atoms with Crippen molar-refractivity contribution in [2.24, 2.45) is 0 Å². The van der Waals surface area contributed by atoms with Crippen LogP contribution in [0.15, 0.2) is 30.3 Å². The van der Waals surface area contributed by atoms with Crippen LogP contribution in [-0.2, 0) is 0 Å². The minimum absolute atomic E-state index is 0. The average molecular weight is 311 g/mol. The standard InChI is InChI=1S/C8H11P.C2H5.Nd/c1-2-9-8-6-4-3-5-7-8;1-2;/h3-7,9H,2H2,1H3;1H2,2H3;/q;-1;. The van der Waals surface area contributed by atoms with Gasteiger partial charge in [0.25, 0.3) is 0 Å². The van der Waals surface area contributed by atoms with Crippen LogP contribution in [0.5, 0.6) is 0 Å². The molecule has 0 spiro atoms. The van der Waals surface area contributed by atoms with Crippen LogP contribution in [0.3, 0.4) is 0 Å². The van der Waals surface area contributed by atoms with Gasteiger partial charge in [-0.05, 0) is 11.5 Å². The Hall–Kier alpha value is 1.00. The fourth-order valence-corrected chi connectivity index (χ4v) is 1.60. The Bertz CT molecular complexity index is 163. The largest absolute Gasteiger partial charge is 0.346 e. The third-order valence-electron chi connectivity index (χ3n) is 1.15. The molecule has 0 aliphatic carbocycles. The number of benzene rings is 1. The SMILES string of the molecule is CCPc1ccccc1.[CH2-]C.[Nd]. The van der Waals surface area contributed by atoms with E-state index in [1.54, 1.807) is 6.92 Å². The summed E-state index contributed by atoms with van der Waals surface area (Å²) in [4.78, 5) is 0. The van der Waals surface area contributed by atoms with Crippen molar-refractivity contribution in [2.45, 2.75) is 13.8 Å². The Kier molecular flexibility index (Phi) is 15.5. The molecule has 0 bridgehead atoms. The topological polar surface area (TPSA) is 0 Å². The number of rotatable bonds is 2. The second-order valence-electron chi connectivity index (χ2n) is 1.90. The number of hydrogen-bond donors (Lipinski definition) is 0. The van der Waals surface area contributed by atoms with Crippen LogP contribution in [0, 0.1) is 47.8 Å². The molecule has 0 amide bonds.